The summed E-state index contributed by atoms with van der Waals surface area (Å²) >= 11 is 1.74. The Kier molecular flexibility index (Phi) is 3.77. The first kappa shape index (κ1) is 13.9. The molecule has 0 spiro atoms. The summed E-state index contributed by atoms with van der Waals surface area (Å²) in [6.45, 7) is 4.55. The molecule has 3 rings (SSSR count). The molecular weight excluding hydrogens is 272 g/mol. The fourth-order valence-electron chi connectivity index (χ4n) is 2.71. The smallest absolute Gasteiger partial charge is 0.215 e. The van der Waals surface area contributed by atoms with Gasteiger partial charge in [-0.25, -0.2) is 0 Å². The molecule has 2 aliphatic heterocycles. The zero-order valence-electron chi connectivity index (χ0n) is 11.9. The van der Waals surface area contributed by atoms with Gasteiger partial charge in [-0.2, -0.15) is 0 Å². The summed E-state index contributed by atoms with van der Waals surface area (Å²) in [5, 5.41) is 12.6. The van der Waals surface area contributed by atoms with E-state index in [4.69, 9.17) is 4.74 Å². The molecule has 0 saturated carbocycles. The summed E-state index contributed by atoms with van der Waals surface area (Å²) in [6.07, 6.45) is 3.76. The molecule has 2 aliphatic rings. The number of rotatable bonds is 3. The first-order valence-corrected chi connectivity index (χ1v) is 8.12. The van der Waals surface area contributed by atoms with E-state index in [2.05, 4.69) is 35.4 Å². The van der Waals surface area contributed by atoms with Crippen LogP contribution in [0.2, 0.25) is 0 Å². The average molecular weight is 292 g/mol. The quantitative estimate of drug-likeness (QED) is 0.487. The van der Waals surface area contributed by atoms with Crippen LogP contribution < -0.4 is 4.90 Å². The molecule has 5 heteroatoms. The fraction of sp³-hybridized carbons (Fsp3) is 0.467. The number of anilines is 1. The average Bonchev–Trinajstić information content (AvgIpc) is 2.53. The van der Waals surface area contributed by atoms with Crippen LogP contribution in [0.3, 0.4) is 0 Å². The Labute approximate surface area is 124 Å². The number of allylic oxidation sites excluding steroid dienone is 1. The van der Waals surface area contributed by atoms with E-state index >= 15 is 0 Å². The van der Waals surface area contributed by atoms with Gasteiger partial charge < -0.3 is 19.5 Å². The Bertz CT molecular complexity index is 517. The molecule has 2 heterocycles. The molecule has 4 nitrogen and oxygen atoms in total. The standard InChI is InChI=1S/C15H20N2O2S/c1-12-7-9-17(12,18)15-11-16(8-10-19-15)13-3-5-14(20-2)6-4-13/h3-7,15H,8-11H2,1-2H3. The van der Waals surface area contributed by atoms with Crippen LogP contribution in [0.1, 0.15) is 6.92 Å². The van der Waals surface area contributed by atoms with E-state index in [0.717, 1.165) is 12.2 Å². The van der Waals surface area contributed by atoms with Crippen LogP contribution in [-0.2, 0) is 4.74 Å². The molecule has 0 N–H and O–H groups in total. The van der Waals surface area contributed by atoms with Crippen LogP contribution >= 0.6 is 11.8 Å². The normalized spacial score (nSPS) is 29.9. The van der Waals surface area contributed by atoms with Crippen LogP contribution in [0.4, 0.5) is 5.69 Å². The minimum Gasteiger partial charge on any atom is -0.625 e. The van der Waals surface area contributed by atoms with E-state index in [1.54, 1.807) is 11.8 Å². The Morgan fingerprint density at radius 3 is 2.65 bits per heavy atom. The number of morpholine rings is 1. The molecule has 0 radical (unpaired) electrons. The van der Waals surface area contributed by atoms with Gasteiger partial charge in [0.15, 0.2) is 0 Å². The summed E-state index contributed by atoms with van der Waals surface area (Å²) in [4.78, 5) is 3.51. The Balaban J connectivity index is 1.73. The molecule has 0 amide bonds. The highest BCUT2D eigenvalue weighted by atomic mass is 32.2. The van der Waals surface area contributed by atoms with Crippen molar-refractivity contribution in [3.05, 3.63) is 41.2 Å². The van der Waals surface area contributed by atoms with Crippen LogP contribution in [-0.4, -0.2) is 43.4 Å². The van der Waals surface area contributed by atoms with Gasteiger partial charge in [-0.05, 0) is 30.5 Å². The maximum atomic E-state index is 12.6. The SMILES string of the molecule is CSc1ccc(N2CCOC([N+]3([O-])CC=C3C)C2)cc1. The minimum absolute atomic E-state index is 0.297. The van der Waals surface area contributed by atoms with Crippen LogP contribution in [0, 0.1) is 5.21 Å². The molecule has 0 bridgehead atoms. The highest BCUT2D eigenvalue weighted by Crippen LogP contribution is 2.32. The minimum atomic E-state index is -0.306. The Morgan fingerprint density at radius 1 is 1.35 bits per heavy atom. The molecule has 1 fully saturated rings. The van der Waals surface area contributed by atoms with Crippen LogP contribution in [0.15, 0.2) is 40.9 Å². The van der Waals surface area contributed by atoms with E-state index in [1.165, 1.54) is 10.6 Å². The van der Waals surface area contributed by atoms with E-state index in [0.29, 0.717) is 19.7 Å². The van der Waals surface area contributed by atoms with Crippen molar-refractivity contribution in [2.75, 3.05) is 37.4 Å². The van der Waals surface area contributed by atoms with E-state index < -0.39 is 0 Å². The molecule has 0 aliphatic carbocycles. The zero-order valence-corrected chi connectivity index (χ0v) is 12.7. The molecular formula is C15H20N2O2S. The number of ether oxygens (including phenoxy) is 1. The van der Waals surface area contributed by atoms with E-state index in [1.807, 2.05) is 13.0 Å². The summed E-state index contributed by atoms with van der Waals surface area (Å²) in [5.74, 6) is 0. The third-order valence-corrected chi connectivity index (χ3v) is 4.95. The lowest BCUT2D eigenvalue weighted by Crippen LogP contribution is -2.62. The van der Waals surface area contributed by atoms with Gasteiger partial charge in [0, 0.05) is 30.1 Å². The number of hydrogen-bond donors (Lipinski definition) is 0. The second-order valence-corrected chi connectivity index (χ2v) is 6.17. The molecule has 0 aromatic heterocycles. The van der Waals surface area contributed by atoms with Crippen molar-refractivity contribution in [1.29, 1.82) is 0 Å². The van der Waals surface area contributed by atoms with Gasteiger partial charge >= 0.3 is 0 Å². The summed E-state index contributed by atoms with van der Waals surface area (Å²) in [6, 6.07) is 8.51. The van der Waals surface area contributed by atoms with Crippen LogP contribution in [0.5, 0.6) is 0 Å². The molecule has 20 heavy (non-hydrogen) atoms. The Morgan fingerprint density at radius 2 is 2.10 bits per heavy atom. The molecule has 2 unspecified atom stereocenters. The van der Waals surface area contributed by atoms with Gasteiger partial charge in [0.25, 0.3) is 0 Å². The van der Waals surface area contributed by atoms with Crippen molar-refractivity contribution in [2.24, 2.45) is 0 Å². The lowest BCUT2D eigenvalue weighted by Gasteiger charge is -2.54. The van der Waals surface area contributed by atoms with Crippen molar-refractivity contribution < 1.29 is 9.38 Å². The topological polar surface area (TPSA) is 35.5 Å². The number of nitrogens with zero attached hydrogens (tertiary/aromatic N) is 2. The third-order valence-electron chi connectivity index (χ3n) is 4.21. The lowest BCUT2D eigenvalue weighted by molar-refractivity contribution is -0.903. The second-order valence-electron chi connectivity index (χ2n) is 5.29. The molecule has 1 aromatic rings. The monoisotopic (exact) mass is 292 g/mol. The van der Waals surface area contributed by atoms with Crippen LogP contribution in [0.25, 0.3) is 0 Å². The predicted molar refractivity (Wildman–Crippen MR) is 82.4 cm³/mol. The van der Waals surface area contributed by atoms with Crippen molar-refractivity contribution in [2.45, 2.75) is 18.0 Å². The van der Waals surface area contributed by atoms with Gasteiger partial charge in [0.05, 0.1) is 13.2 Å². The highest BCUT2D eigenvalue weighted by Gasteiger charge is 2.40. The zero-order chi connectivity index (χ0) is 14.2. The second kappa shape index (κ2) is 5.41. The van der Waals surface area contributed by atoms with Gasteiger partial charge in [-0.1, -0.05) is 0 Å². The van der Waals surface area contributed by atoms with Gasteiger partial charge in [-0.15, -0.1) is 11.8 Å². The fourth-order valence-corrected chi connectivity index (χ4v) is 3.12. The largest absolute Gasteiger partial charge is 0.625 e. The maximum Gasteiger partial charge on any atom is 0.215 e. The van der Waals surface area contributed by atoms with Gasteiger partial charge in [-0.3, -0.25) is 0 Å². The lowest BCUT2D eigenvalue weighted by atomic mass is 10.1. The number of hydrogen-bond acceptors (Lipinski definition) is 4. The van der Waals surface area contributed by atoms with Gasteiger partial charge in [0.1, 0.15) is 12.2 Å². The van der Waals surface area contributed by atoms with Crippen molar-refractivity contribution >= 4 is 17.4 Å². The molecule has 1 saturated heterocycles. The highest BCUT2D eigenvalue weighted by molar-refractivity contribution is 7.98. The number of thioether (sulfide) groups is 1. The van der Waals surface area contributed by atoms with Crippen molar-refractivity contribution in [3.63, 3.8) is 0 Å². The summed E-state index contributed by atoms with van der Waals surface area (Å²) in [7, 11) is 0. The Hall–Kier alpha value is -1.01. The van der Waals surface area contributed by atoms with Gasteiger partial charge in [0.2, 0.25) is 6.23 Å². The summed E-state index contributed by atoms with van der Waals surface area (Å²) in [5.41, 5.74) is 2.04. The molecule has 1 aromatic carbocycles. The number of benzene rings is 1. The van der Waals surface area contributed by atoms with Crippen molar-refractivity contribution in [3.8, 4) is 0 Å². The maximum absolute atomic E-state index is 12.6. The predicted octanol–water partition coefficient (Wildman–Crippen LogP) is 2.80. The first-order chi connectivity index (χ1) is 9.63. The van der Waals surface area contributed by atoms with E-state index in [-0.39, 0.29) is 10.9 Å². The molecule has 2 atom stereocenters. The van der Waals surface area contributed by atoms with Crippen molar-refractivity contribution in [1.82, 2.24) is 0 Å². The van der Waals surface area contributed by atoms with E-state index in [9.17, 15) is 5.21 Å². The number of quaternary nitrogens is 1. The molecule has 108 valence electrons. The summed E-state index contributed by atoms with van der Waals surface area (Å²) < 4.78 is 5.42. The third kappa shape index (κ3) is 2.35. The number of hydroxylamine groups is 3. The first-order valence-electron chi connectivity index (χ1n) is 6.90.